The van der Waals surface area contributed by atoms with E-state index in [2.05, 4.69) is 32.5 Å². The highest BCUT2D eigenvalue weighted by Gasteiger charge is 2.23. The van der Waals surface area contributed by atoms with Crippen LogP contribution in [0.4, 0.5) is 26.4 Å². The first-order valence-electron chi connectivity index (χ1n) is 8.77. The summed E-state index contributed by atoms with van der Waals surface area (Å²) in [5.74, 6) is -0.0515. The quantitative estimate of drug-likeness (QED) is 0.730. The first-order valence-corrected chi connectivity index (χ1v) is 8.77. The van der Waals surface area contributed by atoms with Crippen molar-refractivity contribution in [2.45, 2.75) is 19.4 Å². The third-order valence-electron chi connectivity index (χ3n) is 4.74. The van der Waals surface area contributed by atoms with Crippen LogP contribution >= 0.6 is 0 Å². The molecule has 0 aliphatic carbocycles. The minimum absolute atomic E-state index is 0.136. The third kappa shape index (κ3) is 3.55. The second kappa shape index (κ2) is 7.07. The molecule has 0 saturated carbocycles. The maximum absolute atomic E-state index is 13.9. The van der Waals surface area contributed by atoms with Gasteiger partial charge < -0.3 is 15.4 Å². The van der Waals surface area contributed by atoms with Crippen LogP contribution in [-0.2, 0) is 11.8 Å². The lowest BCUT2D eigenvalue weighted by atomic mass is 9.98. The third-order valence-corrected chi connectivity index (χ3v) is 4.74. The molecule has 1 saturated heterocycles. The van der Waals surface area contributed by atoms with Crippen LogP contribution in [0.5, 0.6) is 0 Å². The number of anilines is 3. The zero-order valence-corrected chi connectivity index (χ0v) is 15.0. The average molecular weight is 374 g/mol. The number of aryl methyl sites for hydroxylation is 1. The van der Waals surface area contributed by atoms with Crippen molar-refractivity contribution >= 4 is 28.7 Å². The number of fused-ring (bicyclic) bond motifs is 1. The summed E-state index contributed by atoms with van der Waals surface area (Å²) in [4.78, 5) is 13.3. The van der Waals surface area contributed by atoms with Crippen molar-refractivity contribution in [2.75, 3.05) is 23.8 Å². The number of rotatable bonds is 4. The molecule has 3 aromatic rings. The van der Waals surface area contributed by atoms with E-state index >= 15 is 0 Å². The van der Waals surface area contributed by atoms with Gasteiger partial charge in [0.25, 0.3) is 0 Å². The van der Waals surface area contributed by atoms with Crippen LogP contribution in [-0.4, -0.2) is 38.8 Å². The van der Waals surface area contributed by atoms with Gasteiger partial charge in [-0.05, 0) is 24.5 Å². The molecule has 3 heterocycles. The molecule has 27 heavy (non-hydrogen) atoms. The molecule has 0 radical (unpaired) electrons. The average Bonchev–Trinajstić information content (AvgIpc) is 2.95. The Labute approximate surface area is 154 Å². The van der Waals surface area contributed by atoms with Gasteiger partial charge in [-0.25, -0.2) is 18.7 Å². The van der Waals surface area contributed by atoms with E-state index < -0.39 is 11.6 Å². The van der Waals surface area contributed by atoms with E-state index in [1.165, 1.54) is 12.1 Å². The molecule has 1 aromatic carbocycles. The van der Waals surface area contributed by atoms with E-state index in [9.17, 15) is 8.78 Å². The van der Waals surface area contributed by atoms with E-state index in [0.717, 1.165) is 12.5 Å². The Kier molecular flexibility index (Phi) is 4.61. The summed E-state index contributed by atoms with van der Waals surface area (Å²) < 4.78 is 34.1. The molecular formula is C18H20F2N6O. The molecule has 0 bridgehead atoms. The normalized spacial score (nSPS) is 20.0. The van der Waals surface area contributed by atoms with Gasteiger partial charge >= 0.3 is 0 Å². The number of halogens is 2. The Morgan fingerprint density at radius 3 is 2.89 bits per heavy atom. The number of ether oxygens (including phenoxy) is 1. The van der Waals surface area contributed by atoms with Gasteiger partial charge in [-0.15, -0.1) is 0 Å². The van der Waals surface area contributed by atoms with Gasteiger partial charge in [0, 0.05) is 25.8 Å². The summed E-state index contributed by atoms with van der Waals surface area (Å²) in [5.41, 5.74) is 1.32. The molecule has 2 atom stereocenters. The van der Waals surface area contributed by atoms with Crippen molar-refractivity contribution in [3.05, 3.63) is 36.0 Å². The van der Waals surface area contributed by atoms with Crippen LogP contribution in [0.3, 0.4) is 0 Å². The first-order chi connectivity index (χ1) is 13.0. The maximum Gasteiger partial charge on any atom is 0.224 e. The van der Waals surface area contributed by atoms with Crippen LogP contribution in [0, 0.1) is 17.6 Å². The van der Waals surface area contributed by atoms with Gasteiger partial charge in [-0.3, -0.25) is 4.57 Å². The van der Waals surface area contributed by atoms with E-state index in [-0.39, 0.29) is 11.7 Å². The smallest absolute Gasteiger partial charge is 0.224 e. The molecule has 0 spiro atoms. The van der Waals surface area contributed by atoms with E-state index in [0.29, 0.717) is 42.2 Å². The van der Waals surface area contributed by atoms with Crippen molar-refractivity contribution in [2.24, 2.45) is 13.0 Å². The number of nitrogens with zero attached hydrogens (tertiary/aromatic N) is 4. The van der Waals surface area contributed by atoms with Crippen molar-refractivity contribution in [3.8, 4) is 0 Å². The van der Waals surface area contributed by atoms with Gasteiger partial charge in [0.2, 0.25) is 11.9 Å². The topological polar surface area (TPSA) is 76.9 Å². The largest absolute Gasteiger partial charge is 0.381 e. The predicted molar refractivity (Wildman–Crippen MR) is 98.0 cm³/mol. The number of hydrogen-bond donors (Lipinski definition) is 2. The van der Waals surface area contributed by atoms with Gasteiger partial charge in [-0.2, -0.15) is 4.98 Å². The SMILES string of the molecule is CC1COCCC1Nc1ncc2nc(Nc3ccc(F)cc3F)n(C)c2n1. The maximum atomic E-state index is 13.9. The molecule has 9 heteroatoms. The zero-order valence-electron chi connectivity index (χ0n) is 15.0. The van der Waals surface area contributed by atoms with Crippen molar-refractivity contribution in [3.63, 3.8) is 0 Å². The predicted octanol–water partition coefficient (Wildman–Crippen LogP) is 3.22. The minimum atomic E-state index is -0.691. The van der Waals surface area contributed by atoms with E-state index in [1.54, 1.807) is 17.8 Å². The molecule has 4 rings (SSSR count). The number of hydrogen-bond acceptors (Lipinski definition) is 6. The number of benzene rings is 1. The molecule has 7 nitrogen and oxygen atoms in total. The Hall–Kier alpha value is -2.81. The molecule has 2 N–H and O–H groups in total. The van der Waals surface area contributed by atoms with Crippen molar-refractivity contribution < 1.29 is 13.5 Å². The molecule has 1 aliphatic heterocycles. The van der Waals surface area contributed by atoms with Gasteiger partial charge in [-0.1, -0.05) is 6.92 Å². The summed E-state index contributed by atoms with van der Waals surface area (Å²) in [5, 5.41) is 6.23. The fourth-order valence-electron chi connectivity index (χ4n) is 3.13. The number of imidazole rings is 1. The highest BCUT2D eigenvalue weighted by atomic mass is 19.1. The number of nitrogens with one attached hydrogen (secondary N) is 2. The van der Waals surface area contributed by atoms with Crippen LogP contribution in [0.25, 0.3) is 11.2 Å². The fraction of sp³-hybridized carbons (Fsp3) is 0.389. The van der Waals surface area contributed by atoms with Crippen LogP contribution < -0.4 is 10.6 Å². The lowest BCUT2D eigenvalue weighted by molar-refractivity contribution is 0.0536. The lowest BCUT2D eigenvalue weighted by Crippen LogP contribution is -2.36. The van der Waals surface area contributed by atoms with E-state index in [4.69, 9.17) is 4.74 Å². The van der Waals surface area contributed by atoms with Gasteiger partial charge in [0.1, 0.15) is 17.2 Å². The van der Waals surface area contributed by atoms with E-state index in [1.807, 2.05) is 0 Å². The Morgan fingerprint density at radius 2 is 2.11 bits per heavy atom. The molecule has 2 aromatic heterocycles. The zero-order chi connectivity index (χ0) is 19.0. The lowest BCUT2D eigenvalue weighted by Gasteiger charge is -2.29. The molecular weight excluding hydrogens is 354 g/mol. The molecule has 2 unspecified atom stereocenters. The summed E-state index contributed by atoms with van der Waals surface area (Å²) in [6.45, 7) is 3.55. The second-order valence-corrected chi connectivity index (χ2v) is 6.74. The Bertz CT molecular complexity index is 976. The highest BCUT2D eigenvalue weighted by Crippen LogP contribution is 2.24. The first kappa shape index (κ1) is 17.6. The van der Waals surface area contributed by atoms with Crippen LogP contribution in [0.1, 0.15) is 13.3 Å². The molecule has 142 valence electrons. The fourth-order valence-corrected chi connectivity index (χ4v) is 3.13. The monoisotopic (exact) mass is 374 g/mol. The molecule has 1 aliphatic rings. The van der Waals surface area contributed by atoms with Crippen molar-refractivity contribution in [1.82, 2.24) is 19.5 Å². The van der Waals surface area contributed by atoms with Crippen LogP contribution in [0.2, 0.25) is 0 Å². The summed E-state index contributed by atoms with van der Waals surface area (Å²) in [6.07, 6.45) is 2.52. The van der Waals surface area contributed by atoms with Crippen LogP contribution in [0.15, 0.2) is 24.4 Å². The van der Waals surface area contributed by atoms with Crippen molar-refractivity contribution in [1.29, 1.82) is 0 Å². The Balaban J connectivity index is 1.60. The van der Waals surface area contributed by atoms with Gasteiger partial charge in [0.05, 0.1) is 18.5 Å². The molecule has 1 fully saturated rings. The Morgan fingerprint density at radius 1 is 1.26 bits per heavy atom. The minimum Gasteiger partial charge on any atom is -0.381 e. The summed E-state index contributed by atoms with van der Waals surface area (Å²) in [6, 6.07) is 3.58. The molecule has 0 amide bonds. The summed E-state index contributed by atoms with van der Waals surface area (Å²) in [7, 11) is 1.77. The highest BCUT2D eigenvalue weighted by molar-refractivity contribution is 5.76. The standard InChI is InChI=1S/C18H20F2N6O/c1-10-9-27-6-5-13(10)22-17-21-8-15-16(25-17)26(2)18(24-15)23-14-4-3-11(19)7-12(14)20/h3-4,7-8,10,13H,5-6,9H2,1-2H3,(H,23,24)(H,21,22,25). The summed E-state index contributed by atoms with van der Waals surface area (Å²) >= 11 is 0. The number of aromatic nitrogens is 4. The second-order valence-electron chi connectivity index (χ2n) is 6.74. The van der Waals surface area contributed by atoms with Gasteiger partial charge in [0.15, 0.2) is 5.65 Å².